The highest BCUT2D eigenvalue weighted by atomic mass is 31.2. The van der Waals surface area contributed by atoms with Gasteiger partial charge in [0.1, 0.15) is 19.8 Å². The van der Waals surface area contributed by atoms with Crippen LogP contribution in [0.1, 0.15) is 129 Å². The van der Waals surface area contributed by atoms with Crippen molar-refractivity contribution in [3.63, 3.8) is 0 Å². The van der Waals surface area contributed by atoms with Gasteiger partial charge in [-0.1, -0.05) is 101 Å². The molecule has 0 aromatic heterocycles. The van der Waals surface area contributed by atoms with Gasteiger partial charge in [-0.3, -0.25) is 14.2 Å². The minimum atomic E-state index is -4.63. The maximum atomic E-state index is 12.6. The summed E-state index contributed by atoms with van der Waals surface area (Å²) in [6, 6.07) is 0. The molecule has 0 fully saturated rings. The van der Waals surface area contributed by atoms with E-state index < -0.39 is 32.5 Å². The van der Waals surface area contributed by atoms with Crippen LogP contribution < -0.4 is 4.89 Å². The maximum Gasteiger partial charge on any atom is 0.306 e. The Morgan fingerprint density at radius 1 is 0.667 bits per heavy atom. The molecule has 0 bridgehead atoms. The first-order chi connectivity index (χ1) is 23.0. The fraction of sp³-hybridized carbons (Fsp3) is 0.737. The normalized spacial score (nSPS) is 14.4. The molecule has 2 atom stereocenters. The summed E-state index contributed by atoms with van der Waals surface area (Å²) in [6.45, 7) is 3.99. The van der Waals surface area contributed by atoms with Gasteiger partial charge in [0.05, 0.1) is 27.7 Å². The second-order valence-electron chi connectivity index (χ2n) is 13.2. The number of hydrogen-bond acceptors (Lipinski definition) is 8. The number of nitrogens with zero attached hydrogens (tertiary/aromatic N) is 1. The van der Waals surface area contributed by atoms with Crippen molar-refractivity contribution >= 4 is 19.8 Å². The summed E-state index contributed by atoms with van der Waals surface area (Å²) >= 11 is 0. The van der Waals surface area contributed by atoms with E-state index in [0.29, 0.717) is 23.9 Å². The van der Waals surface area contributed by atoms with Crippen molar-refractivity contribution in [1.82, 2.24) is 0 Å². The number of allylic oxidation sites excluding steroid dienone is 8. The standard InChI is InChI=1S/C38H68NO8P/c1-6-8-10-12-14-16-18-19-21-23-25-27-29-31-38(41)47-36(35-46-48(42,43)45-33-32-39(3,4)5)34-44-37(40)30-28-26-24-22-20-17-15-13-11-9-7-2/h8,10,13-16,19,21,36H,6-7,9,11-12,17-18,20,22-35H2,1-5H3/b10-8-,15-13-,16-14-,21-19-. The lowest BCUT2D eigenvalue weighted by molar-refractivity contribution is -0.870. The lowest BCUT2D eigenvalue weighted by Crippen LogP contribution is -2.37. The maximum absolute atomic E-state index is 12.6. The Morgan fingerprint density at radius 2 is 1.19 bits per heavy atom. The van der Waals surface area contributed by atoms with Crippen molar-refractivity contribution in [1.29, 1.82) is 0 Å². The number of phosphoric acid groups is 1. The van der Waals surface area contributed by atoms with Gasteiger partial charge < -0.3 is 27.9 Å². The Bertz CT molecular complexity index is 970. The first kappa shape index (κ1) is 46.0. The van der Waals surface area contributed by atoms with E-state index in [-0.39, 0.29) is 26.1 Å². The lowest BCUT2D eigenvalue weighted by Gasteiger charge is -2.28. The number of hydrogen-bond donors (Lipinski definition) is 0. The number of carbonyl (C=O) groups excluding carboxylic acids is 2. The van der Waals surface area contributed by atoms with Crippen molar-refractivity contribution in [2.75, 3.05) is 47.5 Å². The highest BCUT2D eigenvalue weighted by Gasteiger charge is 2.21. The van der Waals surface area contributed by atoms with Crippen LogP contribution in [0.15, 0.2) is 48.6 Å². The van der Waals surface area contributed by atoms with Crippen LogP contribution in [0.3, 0.4) is 0 Å². The van der Waals surface area contributed by atoms with E-state index in [1.807, 2.05) is 21.1 Å². The molecular weight excluding hydrogens is 629 g/mol. The smallest absolute Gasteiger partial charge is 0.306 e. The summed E-state index contributed by atoms with van der Waals surface area (Å²) in [7, 11) is 1.13. The molecule has 0 aliphatic heterocycles. The van der Waals surface area contributed by atoms with E-state index in [1.165, 1.54) is 12.8 Å². The highest BCUT2D eigenvalue weighted by molar-refractivity contribution is 7.45. The quantitative estimate of drug-likeness (QED) is 0.0225. The van der Waals surface area contributed by atoms with Crippen LogP contribution in [0.4, 0.5) is 0 Å². The van der Waals surface area contributed by atoms with Crippen molar-refractivity contribution in [2.24, 2.45) is 0 Å². The summed E-state index contributed by atoms with van der Waals surface area (Å²) in [6.07, 6.45) is 32.9. The van der Waals surface area contributed by atoms with E-state index in [2.05, 4.69) is 62.5 Å². The van der Waals surface area contributed by atoms with E-state index in [1.54, 1.807) is 0 Å². The topological polar surface area (TPSA) is 111 Å². The molecule has 0 spiro atoms. The van der Waals surface area contributed by atoms with Crippen molar-refractivity contribution < 1.29 is 42.1 Å². The van der Waals surface area contributed by atoms with Gasteiger partial charge in [0, 0.05) is 12.8 Å². The Balaban J connectivity index is 4.54. The molecule has 2 unspecified atom stereocenters. The van der Waals surface area contributed by atoms with Crippen LogP contribution in [0.5, 0.6) is 0 Å². The van der Waals surface area contributed by atoms with Crippen LogP contribution in [-0.2, 0) is 32.7 Å². The minimum absolute atomic E-state index is 0.0398. The molecule has 0 heterocycles. The monoisotopic (exact) mass is 697 g/mol. The third kappa shape index (κ3) is 33.9. The van der Waals surface area contributed by atoms with Crippen LogP contribution in [0.2, 0.25) is 0 Å². The minimum Gasteiger partial charge on any atom is -0.756 e. The number of unbranched alkanes of at least 4 members (excludes halogenated alkanes) is 10. The predicted octanol–water partition coefficient (Wildman–Crippen LogP) is 8.94. The largest absolute Gasteiger partial charge is 0.756 e. The van der Waals surface area contributed by atoms with E-state index in [9.17, 15) is 19.0 Å². The molecule has 48 heavy (non-hydrogen) atoms. The first-order valence-corrected chi connectivity index (χ1v) is 19.8. The van der Waals surface area contributed by atoms with Crippen molar-refractivity contribution in [3.8, 4) is 0 Å². The molecule has 0 saturated carbocycles. The van der Waals surface area contributed by atoms with E-state index >= 15 is 0 Å². The van der Waals surface area contributed by atoms with E-state index in [4.69, 9.17) is 18.5 Å². The van der Waals surface area contributed by atoms with Gasteiger partial charge in [-0.25, -0.2) is 0 Å². The summed E-state index contributed by atoms with van der Waals surface area (Å²) < 4.78 is 33.6. The summed E-state index contributed by atoms with van der Waals surface area (Å²) in [5.41, 5.74) is 0. The molecule has 0 aliphatic carbocycles. The molecular formula is C38H68NO8P. The number of quaternary nitrogens is 1. The van der Waals surface area contributed by atoms with Crippen LogP contribution in [-0.4, -0.2) is 70.0 Å². The molecule has 0 radical (unpaired) electrons. The van der Waals surface area contributed by atoms with Crippen LogP contribution >= 0.6 is 7.82 Å². The molecule has 0 amide bonds. The average molecular weight is 698 g/mol. The summed E-state index contributed by atoms with van der Waals surface area (Å²) in [5.74, 6) is -0.888. The van der Waals surface area contributed by atoms with Gasteiger partial charge in [-0.2, -0.15) is 0 Å². The number of phosphoric ester groups is 1. The number of carbonyl (C=O) groups is 2. The molecule has 0 aromatic rings. The predicted molar refractivity (Wildman–Crippen MR) is 194 cm³/mol. The Morgan fingerprint density at radius 3 is 1.81 bits per heavy atom. The van der Waals surface area contributed by atoms with Gasteiger partial charge in [0.2, 0.25) is 0 Å². The van der Waals surface area contributed by atoms with Gasteiger partial charge >= 0.3 is 11.9 Å². The zero-order chi connectivity index (χ0) is 35.8. The Labute approximate surface area is 293 Å². The fourth-order valence-electron chi connectivity index (χ4n) is 4.41. The molecule has 0 N–H and O–H groups in total. The SMILES string of the molecule is CC/C=C\C/C=C\C/C=C\CCCCCC(=O)OC(COC(=O)CCCCCCC/C=C\CCCC)COP(=O)([O-])OCC[N+](C)(C)C. The number of rotatable bonds is 32. The molecule has 0 aromatic carbocycles. The van der Waals surface area contributed by atoms with Gasteiger partial charge in [0.15, 0.2) is 6.10 Å². The summed E-state index contributed by atoms with van der Waals surface area (Å²) in [4.78, 5) is 37.2. The average Bonchev–Trinajstić information content (AvgIpc) is 3.02. The van der Waals surface area contributed by atoms with Crippen LogP contribution in [0, 0.1) is 0 Å². The fourth-order valence-corrected chi connectivity index (χ4v) is 5.14. The van der Waals surface area contributed by atoms with Gasteiger partial charge in [0.25, 0.3) is 7.82 Å². The first-order valence-electron chi connectivity index (χ1n) is 18.3. The Kier molecular flexibility index (Phi) is 29.7. The zero-order valence-electron chi connectivity index (χ0n) is 30.9. The second kappa shape index (κ2) is 31.0. The Hall–Kier alpha value is -2.03. The van der Waals surface area contributed by atoms with E-state index in [0.717, 1.165) is 77.0 Å². The van der Waals surface area contributed by atoms with Gasteiger partial charge in [-0.15, -0.1) is 0 Å². The molecule has 0 saturated heterocycles. The molecule has 278 valence electrons. The van der Waals surface area contributed by atoms with Crippen molar-refractivity contribution in [2.45, 2.75) is 136 Å². The number of likely N-dealkylation sites (N-methyl/N-ethyl adjacent to an activating group) is 1. The third-order valence-corrected chi connectivity index (χ3v) is 8.30. The molecule has 9 nitrogen and oxygen atoms in total. The van der Waals surface area contributed by atoms with Crippen molar-refractivity contribution in [3.05, 3.63) is 48.6 Å². The number of esters is 2. The van der Waals surface area contributed by atoms with Gasteiger partial charge in [-0.05, 0) is 64.2 Å². The highest BCUT2D eigenvalue weighted by Crippen LogP contribution is 2.38. The molecule has 0 aliphatic rings. The zero-order valence-corrected chi connectivity index (χ0v) is 31.8. The second-order valence-corrected chi connectivity index (χ2v) is 14.6. The molecule has 0 rings (SSSR count). The summed E-state index contributed by atoms with van der Waals surface area (Å²) in [5, 5.41) is 0. The molecule has 10 heteroatoms. The number of ether oxygens (including phenoxy) is 2. The van der Waals surface area contributed by atoms with Crippen LogP contribution in [0.25, 0.3) is 0 Å². The third-order valence-electron chi connectivity index (χ3n) is 7.33. The lowest BCUT2D eigenvalue weighted by atomic mass is 10.1.